The summed E-state index contributed by atoms with van der Waals surface area (Å²) in [5, 5.41) is 5.75. The molecule has 1 saturated heterocycles. The van der Waals surface area contributed by atoms with Crippen LogP contribution in [0.3, 0.4) is 0 Å². The molecule has 0 spiro atoms. The minimum atomic E-state index is -0.541. The summed E-state index contributed by atoms with van der Waals surface area (Å²) in [7, 11) is 0. The highest BCUT2D eigenvalue weighted by Gasteiger charge is 2.26. The normalized spacial score (nSPS) is 13.8. The van der Waals surface area contributed by atoms with E-state index in [4.69, 9.17) is 0 Å². The summed E-state index contributed by atoms with van der Waals surface area (Å²) >= 11 is 0. The molecule has 2 N–H and O–H groups in total. The van der Waals surface area contributed by atoms with Gasteiger partial charge in [-0.1, -0.05) is 38.1 Å². The minimum Gasteiger partial charge on any atom is -0.335 e. The van der Waals surface area contributed by atoms with Crippen LogP contribution in [0.1, 0.15) is 36.2 Å². The number of carbonyl (C=O) groups excluding carboxylic acids is 3. The van der Waals surface area contributed by atoms with Crippen molar-refractivity contribution in [2.24, 2.45) is 5.92 Å². The molecule has 0 aliphatic carbocycles. The predicted molar refractivity (Wildman–Crippen MR) is 121 cm³/mol. The van der Waals surface area contributed by atoms with Gasteiger partial charge in [0.1, 0.15) is 5.82 Å². The number of urea groups is 1. The highest BCUT2D eigenvalue weighted by atomic mass is 19.1. The molecule has 0 atom stereocenters. The predicted octanol–water partition coefficient (Wildman–Crippen LogP) is 3.48. The lowest BCUT2D eigenvalue weighted by Gasteiger charge is -2.34. The topological polar surface area (TPSA) is 81.8 Å². The summed E-state index contributed by atoms with van der Waals surface area (Å²) in [6.45, 7) is 5.73. The highest BCUT2D eigenvalue weighted by Crippen LogP contribution is 2.14. The number of piperazine rings is 1. The van der Waals surface area contributed by atoms with E-state index in [1.807, 2.05) is 38.1 Å². The second-order valence-corrected chi connectivity index (χ2v) is 8.26. The van der Waals surface area contributed by atoms with E-state index in [1.54, 1.807) is 21.9 Å². The van der Waals surface area contributed by atoms with Gasteiger partial charge < -0.3 is 20.4 Å². The fourth-order valence-electron chi connectivity index (χ4n) is 3.55. The Morgan fingerprint density at radius 1 is 0.969 bits per heavy atom. The van der Waals surface area contributed by atoms with E-state index in [2.05, 4.69) is 10.6 Å². The van der Waals surface area contributed by atoms with Gasteiger partial charge in [0, 0.05) is 44.8 Å². The van der Waals surface area contributed by atoms with Crippen molar-refractivity contribution in [3.63, 3.8) is 0 Å². The first-order valence-electron chi connectivity index (χ1n) is 10.8. The number of nitrogens with one attached hydrogen (secondary N) is 2. The molecule has 8 heteroatoms. The molecule has 0 unspecified atom stereocenters. The maximum Gasteiger partial charge on any atom is 0.317 e. The summed E-state index contributed by atoms with van der Waals surface area (Å²) < 4.78 is 13.9. The zero-order valence-corrected chi connectivity index (χ0v) is 18.4. The first-order valence-corrected chi connectivity index (χ1v) is 10.8. The molecular formula is C24H29FN4O3. The average Bonchev–Trinajstić information content (AvgIpc) is 2.77. The molecule has 1 aliphatic rings. The van der Waals surface area contributed by atoms with Crippen molar-refractivity contribution in [3.05, 3.63) is 65.5 Å². The number of carbonyl (C=O) groups is 3. The van der Waals surface area contributed by atoms with Gasteiger partial charge in [0.2, 0.25) is 5.91 Å². The quantitative estimate of drug-likeness (QED) is 0.722. The molecule has 4 amide bonds. The monoisotopic (exact) mass is 440 g/mol. The lowest BCUT2D eigenvalue weighted by atomic mass is 10.1. The summed E-state index contributed by atoms with van der Waals surface area (Å²) in [4.78, 5) is 40.2. The lowest BCUT2D eigenvalue weighted by Crippen LogP contribution is -2.53. The third kappa shape index (κ3) is 6.29. The van der Waals surface area contributed by atoms with Crippen LogP contribution >= 0.6 is 0 Å². The largest absolute Gasteiger partial charge is 0.335 e. The van der Waals surface area contributed by atoms with Gasteiger partial charge in [0.25, 0.3) is 5.91 Å². The molecule has 0 radical (unpaired) electrons. The van der Waals surface area contributed by atoms with Crippen LogP contribution in [-0.2, 0) is 11.3 Å². The third-order valence-corrected chi connectivity index (χ3v) is 5.21. The van der Waals surface area contributed by atoms with Crippen LogP contribution in [0.15, 0.2) is 48.5 Å². The molecule has 1 fully saturated rings. The summed E-state index contributed by atoms with van der Waals surface area (Å²) in [6, 6.07) is 13.0. The van der Waals surface area contributed by atoms with E-state index < -0.39 is 5.82 Å². The van der Waals surface area contributed by atoms with Gasteiger partial charge >= 0.3 is 6.03 Å². The Hall–Kier alpha value is -3.42. The molecule has 1 heterocycles. The first-order chi connectivity index (χ1) is 15.3. The molecule has 2 aromatic carbocycles. The molecular weight excluding hydrogens is 411 g/mol. The molecule has 1 aliphatic heterocycles. The Morgan fingerprint density at radius 3 is 2.34 bits per heavy atom. The van der Waals surface area contributed by atoms with E-state index in [9.17, 15) is 18.8 Å². The second kappa shape index (κ2) is 10.7. The number of halogens is 1. The third-order valence-electron chi connectivity index (χ3n) is 5.21. The Bertz CT molecular complexity index is 971. The Balaban J connectivity index is 1.47. The zero-order chi connectivity index (χ0) is 23.1. The van der Waals surface area contributed by atoms with Gasteiger partial charge in [-0.05, 0) is 35.7 Å². The molecule has 0 saturated carbocycles. The summed E-state index contributed by atoms with van der Waals surface area (Å²) in [6.07, 6.45) is 0.451. The van der Waals surface area contributed by atoms with Crippen LogP contribution in [0, 0.1) is 11.7 Å². The van der Waals surface area contributed by atoms with Crippen molar-refractivity contribution < 1.29 is 18.8 Å². The Labute approximate surface area is 187 Å². The lowest BCUT2D eigenvalue weighted by molar-refractivity contribution is -0.116. The molecule has 0 bridgehead atoms. The van der Waals surface area contributed by atoms with Gasteiger partial charge in [-0.15, -0.1) is 0 Å². The van der Waals surface area contributed by atoms with Gasteiger partial charge in [-0.3, -0.25) is 9.59 Å². The fourth-order valence-corrected chi connectivity index (χ4v) is 3.55. The van der Waals surface area contributed by atoms with Crippen molar-refractivity contribution in [3.8, 4) is 0 Å². The van der Waals surface area contributed by atoms with E-state index in [-0.39, 0.29) is 29.3 Å². The Kier molecular flexibility index (Phi) is 7.81. The summed E-state index contributed by atoms with van der Waals surface area (Å²) in [5.74, 6) is -0.663. The Morgan fingerprint density at radius 2 is 1.66 bits per heavy atom. The molecule has 3 rings (SSSR count). The average molecular weight is 441 g/mol. The highest BCUT2D eigenvalue weighted by molar-refractivity contribution is 5.94. The molecule has 170 valence electrons. The van der Waals surface area contributed by atoms with Crippen molar-refractivity contribution >= 4 is 23.5 Å². The maximum atomic E-state index is 13.9. The SMILES string of the molecule is CC(C)CC(=O)Nc1cccc(CNC(=O)N2CCN(C(=O)c3ccccc3F)CC2)c1. The molecule has 7 nitrogen and oxygen atoms in total. The van der Waals surface area contributed by atoms with Gasteiger partial charge in [-0.2, -0.15) is 0 Å². The number of anilines is 1. The molecule has 2 aromatic rings. The van der Waals surface area contributed by atoms with Gasteiger partial charge in [0.15, 0.2) is 0 Å². The fraction of sp³-hybridized carbons (Fsp3) is 0.375. The van der Waals surface area contributed by atoms with E-state index in [0.717, 1.165) is 5.56 Å². The van der Waals surface area contributed by atoms with Crippen LogP contribution in [0.4, 0.5) is 14.9 Å². The number of hydrogen-bond donors (Lipinski definition) is 2. The van der Waals surface area contributed by atoms with Crippen LogP contribution in [0.5, 0.6) is 0 Å². The molecule has 32 heavy (non-hydrogen) atoms. The summed E-state index contributed by atoms with van der Waals surface area (Å²) in [5.41, 5.74) is 1.61. The maximum absolute atomic E-state index is 13.9. The number of hydrogen-bond acceptors (Lipinski definition) is 3. The number of rotatable bonds is 6. The zero-order valence-electron chi connectivity index (χ0n) is 18.4. The van der Waals surface area contributed by atoms with Crippen molar-refractivity contribution in [1.82, 2.24) is 15.1 Å². The van der Waals surface area contributed by atoms with E-state index >= 15 is 0 Å². The number of amides is 4. The smallest absolute Gasteiger partial charge is 0.317 e. The number of benzene rings is 2. The van der Waals surface area contributed by atoms with Crippen LogP contribution in [-0.4, -0.2) is 53.8 Å². The van der Waals surface area contributed by atoms with Crippen LogP contribution < -0.4 is 10.6 Å². The second-order valence-electron chi connectivity index (χ2n) is 8.26. The molecule has 0 aromatic heterocycles. The van der Waals surface area contributed by atoms with Crippen molar-refractivity contribution in [2.75, 3.05) is 31.5 Å². The minimum absolute atomic E-state index is 0.0380. The van der Waals surface area contributed by atoms with E-state index in [0.29, 0.717) is 44.8 Å². The first kappa shape index (κ1) is 23.2. The standard InChI is InChI=1S/C24H29FN4O3/c1-17(2)14-22(30)27-19-7-5-6-18(15-19)16-26-24(32)29-12-10-28(11-13-29)23(31)20-8-3-4-9-21(20)25/h3-9,15,17H,10-14,16H2,1-2H3,(H,26,32)(H,27,30). The van der Waals surface area contributed by atoms with Crippen LogP contribution in [0.2, 0.25) is 0 Å². The number of nitrogens with zero attached hydrogens (tertiary/aromatic N) is 2. The van der Waals surface area contributed by atoms with Crippen LogP contribution in [0.25, 0.3) is 0 Å². The van der Waals surface area contributed by atoms with Gasteiger partial charge in [-0.25, -0.2) is 9.18 Å². The van der Waals surface area contributed by atoms with Crippen molar-refractivity contribution in [1.29, 1.82) is 0 Å². The van der Waals surface area contributed by atoms with Gasteiger partial charge in [0.05, 0.1) is 5.56 Å². The van der Waals surface area contributed by atoms with E-state index in [1.165, 1.54) is 12.1 Å². The van der Waals surface area contributed by atoms with Crippen molar-refractivity contribution in [2.45, 2.75) is 26.8 Å².